The molecule has 0 spiro atoms. The van der Waals surface area contributed by atoms with Crippen molar-refractivity contribution >= 4 is 21.4 Å². The Kier molecular flexibility index (Phi) is 2.03. The molecule has 0 unspecified atom stereocenters. The third-order valence-electron chi connectivity index (χ3n) is 3.66. The van der Waals surface area contributed by atoms with E-state index in [1.807, 2.05) is 17.4 Å². The highest BCUT2D eigenvalue weighted by atomic mass is 32.1. The van der Waals surface area contributed by atoms with E-state index in [4.69, 9.17) is 4.74 Å². The van der Waals surface area contributed by atoms with Crippen LogP contribution in [-0.2, 0) is 6.42 Å². The summed E-state index contributed by atoms with van der Waals surface area (Å²) in [5.74, 6) is 0.948. The Morgan fingerprint density at radius 1 is 1.00 bits per heavy atom. The van der Waals surface area contributed by atoms with Crippen LogP contribution in [0.1, 0.15) is 11.1 Å². The van der Waals surface area contributed by atoms with E-state index in [-0.39, 0.29) is 0 Å². The molecule has 0 amide bonds. The molecule has 1 aromatic heterocycles. The smallest absolute Gasteiger partial charge is 0.119 e. The van der Waals surface area contributed by atoms with Crippen LogP contribution in [0.25, 0.3) is 21.2 Å². The molecule has 2 heteroatoms. The van der Waals surface area contributed by atoms with Gasteiger partial charge in [0.25, 0.3) is 0 Å². The zero-order valence-electron chi connectivity index (χ0n) is 10.1. The standard InChI is InChI=1S/C16H12OS/c1-17-13-2-3-14-12(8-13)7-11-6-10-4-5-18-16(10)9-15(11)14/h2-6,8-9H,7H2,1H3. The monoisotopic (exact) mass is 252 g/mol. The van der Waals surface area contributed by atoms with E-state index in [0.717, 1.165) is 12.2 Å². The van der Waals surface area contributed by atoms with Gasteiger partial charge in [0.2, 0.25) is 0 Å². The molecule has 88 valence electrons. The molecule has 3 aromatic rings. The SMILES string of the molecule is COc1ccc2c(c1)Cc1cc3ccsc3cc1-2. The quantitative estimate of drug-likeness (QED) is 0.485. The highest BCUT2D eigenvalue weighted by Gasteiger charge is 2.19. The average Bonchev–Trinajstić information content (AvgIpc) is 2.98. The van der Waals surface area contributed by atoms with Crippen molar-refractivity contribution in [1.82, 2.24) is 0 Å². The number of methoxy groups -OCH3 is 1. The fraction of sp³-hybridized carbons (Fsp3) is 0.125. The minimum Gasteiger partial charge on any atom is -0.497 e. The van der Waals surface area contributed by atoms with Gasteiger partial charge < -0.3 is 4.74 Å². The first-order valence-electron chi connectivity index (χ1n) is 6.02. The van der Waals surface area contributed by atoms with Crippen LogP contribution < -0.4 is 4.74 Å². The molecule has 0 N–H and O–H groups in total. The van der Waals surface area contributed by atoms with Crippen molar-refractivity contribution < 1.29 is 4.74 Å². The maximum atomic E-state index is 5.30. The number of fused-ring (bicyclic) bond motifs is 4. The van der Waals surface area contributed by atoms with Gasteiger partial charge in [0.1, 0.15) is 5.75 Å². The predicted molar refractivity (Wildman–Crippen MR) is 76.6 cm³/mol. The molecule has 0 atom stereocenters. The predicted octanol–water partition coefficient (Wildman–Crippen LogP) is 4.48. The van der Waals surface area contributed by atoms with Gasteiger partial charge in [0, 0.05) is 4.70 Å². The fourth-order valence-electron chi connectivity index (χ4n) is 2.76. The third kappa shape index (κ3) is 1.33. The summed E-state index contributed by atoms with van der Waals surface area (Å²) < 4.78 is 6.68. The molecule has 18 heavy (non-hydrogen) atoms. The lowest BCUT2D eigenvalue weighted by molar-refractivity contribution is 0.414. The fourth-order valence-corrected chi connectivity index (χ4v) is 3.58. The Bertz CT molecular complexity index is 755. The molecule has 0 saturated heterocycles. The molecule has 4 rings (SSSR count). The lowest BCUT2D eigenvalue weighted by Crippen LogP contribution is -1.85. The molecule has 1 nitrogen and oxygen atoms in total. The first kappa shape index (κ1) is 10.2. The maximum absolute atomic E-state index is 5.30. The molecule has 2 aromatic carbocycles. The highest BCUT2D eigenvalue weighted by molar-refractivity contribution is 7.17. The lowest BCUT2D eigenvalue weighted by atomic mass is 10.0. The second-order valence-corrected chi connectivity index (χ2v) is 5.62. The number of ether oxygens (including phenoxy) is 1. The Morgan fingerprint density at radius 2 is 1.89 bits per heavy atom. The first-order valence-corrected chi connectivity index (χ1v) is 6.90. The minimum atomic E-state index is 0.948. The van der Waals surface area contributed by atoms with Crippen LogP contribution in [0, 0.1) is 0 Å². The van der Waals surface area contributed by atoms with Crippen molar-refractivity contribution in [3.05, 3.63) is 52.9 Å². The van der Waals surface area contributed by atoms with Crippen LogP contribution in [0.15, 0.2) is 41.8 Å². The van der Waals surface area contributed by atoms with Gasteiger partial charge in [0.15, 0.2) is 0 Å². The third-order valence-corrected chi connectivity index (χ3v) is 4.54. The van der Waals surface area contributed by atoms with E-state index >= 15 is 0 Å². The second-order valence-electron chi connectivity index (χ2n) is 4.67. The van der Waals surface area contributed by atoms with Crippen molar-refractivity contribution in [2.24, 2.45) is 0 Å². The first-order chi connectivity index (χ1) is 8.85. The van der Waals surface area contributed by atoms with E-state index in [1.54, 1.807) is 7.11 Å². The summed E-state index contributed by atoms with van der Waals surface area (Å²) in [7, 11) is 1.72. The molecular formula is C16H12OS. The summed E-state index contributed by atoms with van der Waals surface area (Å²) in [6.45, 7) is 0. The summed E-state index contributed by atoms with van der Waals surface area (Å²) in [6, 6.07) is 13.2. The molecule has 0 aliphatic heterocycles. The second kappa shape index (κ2) is 3.59. The van der Waals surface area contributed by atoms with Crippen molar-refractivity contribution in [3.8, 4) is 16.9 Å². The van der Waals surface area contributed by atoms with Crippen LogP contribution in [-0.4, -0.2) is 7.11 Å². The molecule has 1 aliphatic rings. The van der Waals surface area contributed by atoms with Crippen molar-refractivity contribution in [2.75, 3.05) is 7.11 Å². The Balaban J connectivity index is 1.97. The van der Waals surface area contributed by atoms with E-state index in [9.17, 15) is 0 Å². The van der Waals surface area contributed by atoms with E-state index in [0.29, 0.717) is 0 Å². The van der Waals surface area contributed by atoms with Gasteiger partial charge in [-0.1, -0.05) is 6.07 Å². The summed E-state index contributed by atoms with van der Waals surface area (Å²) in [4.78, 5) is 0. The Hall–Kier alpha value is -1.80. The average molecular weight is 252 g/mol. The molecule has 1 aliphatic carbocycles. The summed E-state index contributed by atoms with van der Waals surface area (Å²) in [5, 5.41) is 3.52. The maximum Gasteiger partial charge on any atom is 0.119 e. The zero-order chi connectivity index (χ0) is 12.1. The molecule has 0 radical (unpaired) electrons. The van der Waals surface area contributed by atoms with Gasteiger partial charge in [-0.3, -0.25) is 0 Å². The van der Waals surface area contributed by atoms with Crippen molar-refractivity contribution in [2.45, 2.75) is 6.42 Å². The normalized spacial score (nSPS) is 12.5. The van der Waals surface area contributed by atoms with E-state index in [1.165, 1.54) is 32.3 Å². The van der Waals surface area contributed by atoms with Crippen molar-refractivity contribution in [3.63, 3.8) is 0 Å². The number of rotatable bonds is 1. The van der Waals surface area contributed by atoms with Crippen LogP contribution in [0.5, 0.6) is 5.75 Å². The van der Waals surface area contributed by atoms with Crippen LogP contribution in [0.4, 0.5) is 0 Å². The number of thiophene rings is 1. The minimum absolute atomic E-state index is 0.948. The van der Waals surface area contributed by atoms with Crippen molar-refractivity contribution in [1.29, 1.82) is 0 Å². The molecule has 0 bridgehead atoms. The largest absolute Gasteiger partial charge is 0.497 e. The van der Waals surface area contributed by atoms with Gasteiger partial charge in [-0.15, -0.1) is 11.3 Å². The van der Waals surface area contributed by atoms with Gasteiger partial charge in [-0.25, -0.2) is 0 Å². The van der Waals surface area contributed by atoms with E-state index in [2.05, 4.69) is 35.7 Å². The summed E-state index contributed by atoms with van der Waals surface area (Å²) in [5.41, 5.74) is 5.56. The van der Waals surface area contributed by atoms with Gasteiger partial charge >= 0.3 is 0 Å². The van der Waals surface area contributed by atoms with Crippen LogP contribution in [0.2, 0.25) is 0 Å². The molecule has 1 heterocycles. The van der Waals surface area contributed by atoms with Crippen LogP contribution in [0.3, 0.4) is 0 Å². The van der Waals surface area contributed by atoms with Gasteiger partial charge in [0.05, 0.1) is 7.11 Å². The Morgan fingerprint density at radius 3 is 2.78 bits per heavy atom. The van der Waals surface area contributed by atoms with E-state index < -0.39 is 0 Å². The number of hydrogen-bond donors (Lipinski definition) is 0. The van der Waals surface area contributed by atoms with Crippen LogP contribution >= 0.6 is 11.3 Å². The highest BCUT2D eigenvalue weighted by Crippen LogP contribution is 2.41. The summed E-state index contributed by atoms with van der Waals surface area (Å²) >= 11 is 1.81. The number of hydrogen-bond acceptors (Lipinski definition) is 2. The summed E-state index contributed by atoms with van der Waals surface area (Å²) in [6.07, 6.45) is 1.02. The number of benzene rings is 2. The lowest BCUT2D eigenvalue weighted by Gasteiger charge is -2.03. The Labute approximate surface area is 110 Å². The molecular weight excluding hydrogens is 240 g/mol. The zero-order valence-corrected chi connectivity index (χ0v) is 10.9. The molecule has 0 fully saturated rings. The topological polar surface area (TPSA) is 9.23 Å². The molecule has 0 saturated carbocycles. The van der Waals surface area contributed by atoms with Gasteiger partial charge in [-0.2, -0.15) is 0 Å². The van der Waals surface area contributed by atoms with Gasteiger partial charge in [-0.05, 0) is 69.8 Å².